The highest BCUT2D eigenvalue weighted by molar-refractivity contribution is 5.37. The van der Waals surface area contributed by atoms with Crippen LogP contribution in [-0.4, -0.2) is 9.67 Å². The van der Waals surface area contributed by atoms with Gasteiger partial charge < -0.3 is 9.67 Å². The van der Waals surface area contributed by atoms with Crippen molar-refractivity contribution < 1.29 is 5.11 Å². The predicted octanol–water partition coefficient (Wildman–Crippen LogP) is 3.16. The molecule has 1 aromatic heterocycles. The van der Waals surface area contributed by atoms with Gasteiger partial charge in [-0.15, -0.1) is 0 Å². The number of hydrogen-bond acceptors (Lipinski definition) is 2. The molecule has 20 heavy (non-hydrogen) atoms. The van der Waals surface area contributed by atoms with E-state index in [1.54, 1.807) is 0 Å². The summed E-state index contributed by atoms with van der Waals surface area (Å²) >= 11 is 0. The molecule has 1 N–H and O–H groups in total. The Bertz CT molecular complexity index is 662. The van der Waals surface area contributed by atoms with Crippen molar-refractivity contribution in [2.45, 2.75) is 32.4 Å². The number of aliphatic hydroxyl groups is 1. The van der Waals surface area contributed by atoms with Gasteiger partial charge in [0.05, 0.1) is 17.7 Å². The summed E-state index contributed by atoms with van der Waals surface area (Å²) in [5, 5.41) is 19.0. The highest BCUT2D eigenvalue weighted by Crippen LogP contribution is 2.40. The number of aromatic nitrogens is 1. The fourth-order valence-corrected chi connectivity index (χ4v) is 2.56. The third-order valence-electron chi connectivity index (χ3n) is 4.01. The van der Waals surface area contributed by atoms with Gasteiger partial charge in [0.2, 0.25) is 0 Å². The zero-order valence-corrected chi connectivity index (χ0v) is 11.6. The second kappa shape index (κ2) is 5.15. The third-order valence-corrected chi connectivity index (χ3v) is 4.01. The number of aryl methyl sites for hydroxylation is 1. The van der Waals surface area contributed by atoms with Gasteiger partial charge >= 0.3 is 0 Å². The largest absolute Gasteiger partial charge is 0.388 e. The maximum absolute atomic E-state index is 10.1. The van der Waals surface area contributed by atoms with Gasteiger partial charge in [-0.2, -0.15) is 5.26 Å². The summed E-state index contributed by atoms with van der Waals surface area (Å²) in [6.45, 7) is 2.80. The second-order valence-electron chi connectivity index (χ2n) is 5.65. The average Bonchev–Trinajstić information content (AvgIpc) is 3.20. The molecular weight excluding hydrogens is 248 g/mol. The van der Waals surface area contributed by atoms with Gasteiger partial charge in [0, 0.05) is 18.9 Å². The Morgan fingerprint density at radius 1 is 1.40 bits per heavy atom. The first kappa shape index (κ1) is 13.0. The molecule has 1 aliphatic carbocycles. The Balaban J connectivity index is 1.76. The van der Waals surface area contributed by atoms with Gasteiger partial charge in [-0.1, -0.05) is 6.07 Å². The van der Waals surface area contributed by atoms with Crippen molar-refractivity contribution >= 4 is 0 Å². The number of nitriles is 1. The maximum atomic E-state index is 10.1. The van der Waals surface area contributed by atoms with E-state index in [1.807, 2.05) is 43.6 Å². The Morgan fingerprint density at radius 3 is 2.85 bits per heavy atom. The van der Waals surface area contributed by atoms with Crippen LogP contribution in [0, 0.1) is 24.2 Å². The van der Waals surface area contributed by atoms with Crippen LogP contribution in [0.25, 0.3) is 0 Å². The van der Waals surface area contributed by atoms with Crippen LogP contribution in [0.1, 0.15) is 41.2 Å². The minimum Gasteiger partial charge on any atom is -0.388 e. The molecule has 0 saturated heterocycles. The molecule has 1 aromatic carbocycles. The van der Waals surface area contributed by atoms with Crippen LogP contribution in [0.15, 0.2) is 36.7 Å². The van der Waals surface area contributed by atoms with Crippen LogP contribution in [0.4, 0.5) is 0 Å². The van der Waals surface area contributed by atoms with Gasteiger partial charge in [0.25, 0.3) is 0 Å². The topological polar surface area (TPSA) is 49.0 Å². The molecule has 2 aromatic rings. The summed E-state index contributed by atoms with van der Waals surface area (Å²) < 4.78 is 2.09. The van der Waals surface area contributed by atoms with E-state index in [4.69, 9.17) is 5.26 Å². The summed E-state index contributed by atoms with van der Waals surface area (Å²) in [4.78, 5) is 0. The van der Waals surface area contributed by atoms with Crippen LogP contribution < -0.4 is 0 Å². The molecule has 0 bridgehead atoms. The van der Waals surface area contributed by atoms with Gasteiger partial charge in [0.15, 0.2) is 0 Å². The summed E-state index contributed by atoms with van der Waals surface area (Å²) in [7, 11) is 0. The predicted molar refractivity (Wildman–Crippen MR) is 77.1 cm³/mol. The normalized spacial score (nSPS) is 15.8. The lowest BCUT2D eigenvalue weighted by atomic mass is 10.1. The number of rotatable bonds is 4. The van der Waals surface area contributed by atoms with E-state index in [0.717, 1.165) is 30.5 Å². The first-order valence-corrected chi connectivity index (χ1v) is 7.01. The molecular formula is C17H18N2O. The molecule has 0 spiro atoms. The van der Waals surface area contributed by atoms with E-state index in [0.29, 0.717) is 11.5 Å². The Labute approximate surface area is 119 Å². The van der Waals surface area contributed by atoms with Crippen LogP contribution >= 0.6 is 0 Å². The molecule has 0 aliphatic heterocycles. The van der Waals surface area contributed by atoms with Crippen LogP contribution in [-0.2, 0) is 6.54 Å². The smallest absolute Gasteiger partial charge is 0.0991 e. The summed E-state index contributed by atoms with van der Waals surface area (Å²) in [6, 6.07) is 9.93. The quantitative estimate of drug-likeness (QED) is 0.924. The first-order valence-electron chi connectivity index (χ1n) is 7.01. The molecule has 1 aliphatic rings. The van der Waals surface area contributed by atoms with E-state index in [1.165, 1.54) is 5.56 Å². The summed E-state index contributed by atoms with van der Waals surface area (Å²) in [6.07, 6.45) is 6.01. The van der Waals surface area contributed by atoms with Crippen LogP contribution in [0.5, 0.6) is 0 Å². The lowest BCUT2D eigenvalue weighted by molar-refractivity contribution is 0.154. The molecule has 1 fully saturated rings. The molecule has 3 rings (SSSR count). The van der Waals surface area contributed by atoms with Crippen LogP contribution in [0.2, 0.25) is 0 Å². The molecule has 1 heterocycles. The fraction of sp³-hybridized carbons (Fsp3) is 0.353. The lowest BCUT2D eigenvalue weighted by Gasteiger charge is -2.08. The van der Waals surface area contributed by atoms with Crippen LogP contribution in [0.3, 0.4) is 0 Å². The lowest BCUT2D eigenvalue weighted by Crippen LogP contribution is -2.01. The third kappa shape index (κ3) is 2.61. The highest BCUT2D eigenvalue weighted by atomic mass is 16.3. The van der Waals surface area contributed by atoms with Crippen molar-refractivity contribution in [1.82, 2.24) is 4.57 Å². The van der Waals surface area contributed by atoms with Gasteiger partial charge in [-0.05, 0) is 60.6 Å². The van der Waals surface area contributed by atoms with Gasteiger partial charge in [-0.25, -0.2) is 0 Å². The number of benzene rings is 1. The number of aliphatic hydroxyl groups excluding tert-OH is 1. The van der Waals surface area contributed by atoms with E-state index < -0.39 is 0 Å². The number of hydrogen-bond donors (Lipinski definition) is 1. The van der Waals surface area contributed by atoms with Crippen molar-refractivity contribution in [1.29, 1.82) is 5.26 Å². The second-order valence-corrected chi connectivity index (χ2v) is 5.65. The average molecular weight is 266 g/mol. The molecule has 3 nitrogen and oxygen atoms in total. The molecule has 0 amide bonds. The van der Waals surface area contributed by atoms with E-state index in [2.05, 4.69) is 10.6 Å². The Hall–Kier alpha value is -2.05. The highest BCUT2D eigenvalue weighted by Gasteiger charge is 2.31. The van der Waals surface area contributed by atoms with Gasteiger partial charge in [-0.3, -0.25) is 0 Å². The molecule has 1 atom stereocenters. The zero-order valence-electron chi connectivity index (χ0n) is 11.6. The number of nitrogens with zero attached hydrogens (tertiary/aromatic N) is 2. The SMILES string of the molecule is Cc1cc(C#N)ccc1Cn1ccc(C(O)C2CC2)c1. The van der Waals surface area contributed by atoms with E-state index in [-0.39, 0.29) is 6.10 Å². The molecule has 102 valence electrons. The standard InChI is InChI=1S/C17H18N2O/c1-12-8-13(9-18)2-3-15(12)10-19-7-6-16(11-19)17(20)14-4-5-14/h2-3,6-8,11,14,17,20H,4-5,10H2,1H3. The first-order chi connectivity index (χ1) is 9.67. The van der Waals surface area contributed by atoms with Crippen molar-refractivity contribution in [2.75, 3.05) is 0 Å². The molecule has 1 unspecified atom stereocenters. The van der Waals surface area contributed by atoms with Crippen molar-refractivity contribution in [3.05, 3.63) is 58.9 Å². The maximum Gasteiger partial charge on any atom is 0.0991 e. The minimum atomic E-state index is -0.307. The van der Waals surface area contributed by atoms with E-state index >= 15 is 0 Å². The summed E-state index contributed by atoms with van der Waals surface area (Å²) in [5.41, 5.74) is 4.04. The van der Waals surface area contributed by atoms with Crippen molar-refractivity contribution in [3.8, 4) is 6.07 Å². The minimum absolute atomic E-state index is 0.307. The molecule has 1 saturated carbocycles. The van der Waals surface area contributed by atoms with Crippen molar-refractivity contribution in [2.24, 2.45) is 5.92 Å². The molecule has 0 radical (unpaired) electrons. The zero-order chi connectivity index (χ0) is 14.1. The summed E-state index contributed by atoms with van der Waals surface area (Å²) in [5.74, 6) is 0.461. The fourth-order valence-electron chi connectivity index (χ4n) is 2.56. The Kier molecular flexibility index (Phi) is 3.33. The molecule has 3 heteroatoms. The Morgan fingerprint density at radius 2 is 2.20 bits per heavy atom. The van der Waals surface area contributed by atoms with Gasteiger partial charge in [0.1, 0.15) is 0 Å². The monoisotopic (exact) mass is 266 g/mol. The van der Waals surface area contributed by atoms with Crippen molar-refractivity contribution in [3.63, 3.8) is 0 Å². The van der Waals surface area contributed by atoms with E-state index in [9.17, 15) is 5.11 Å².